The van der Waals surface area contributed by atoms with E-state index in [0.717, 1.165) is 0 Å². The van der Waals surface area contributed by atoms with Gasteiger partial charge in [-0.15, -0.1) is 0 Å². The van der Waals surface area contributed by atoms with Crippen molar-refractivity contribution in [2.75, 3.05) is 0 Å². The Morgan fingerprint density at radius 3 is 2.00 bits per heavy atom. The van der Waals surface area contributed by atoms with Gasteiger partial charge < -0.3 is 0 Å². The molecule has 0 radical (unpaired) electrons. The zero-order chi connectivity index (χ0) is 12.6. The van der Waals surface area contributed by atoms with Gasteiger partial charge in [-0.3, -0.25) is 0 Å². The lowest BCUT2D eigenvalue weighted by molar-refractivity contribution is 0.369. The van der Waals surface area contributed by atoms with E-state index in [-0.39, 0.29) is 17.0 Å². The second kappa shape index (κ2) is 4.44. The monoisotopic (exact) mass is 271 g/mol. The topological polar surface area (TPSA) is 37.4 Å². The number of sulfonamides is 1. The maximum absolute atomic E-state index is 12.4. The van der Waals surface area contributed by atoms with Gasteiger partial charge in [-0.1, -0.05) is 23.8 Å². The molecule has 3 nitrogen and oxygen atoms in total. The Bertz CT molecular complexity index is 524. The van der Waals surface area contributed by atoms with Gasteiger partial charge in [0.15, 0.2) is 0 Å². The summed E-state index contributed by atoms with van der Waals surface area (Å²) in [6, 6.07) is 6.04. The Morgan fingerprint density at radius 1 is 1.06 bits per heavy atom. The predicted octanol–water partition coefficient (Wildman–Crippen LogP) is 2.68. The van der Waals surface area contributed by atoms with Crippen molar-refractivity contribution in [1.82, 2.24) is 4.31 Å². The molecule has 2 atom stereocenters. The maximum atomic E-state index is 12.4. The van der Waals surface area contributed by atoms with Gasteiger partial charge in [0.25, 0.3) is 0 Å². The molecule has 0 spiro atoms. The van der Waals surface area contributed by atoms with Crippen LogP contribution in [0.4, 0.5) is 0 Å². The minimum Gasteiger partial charge on any atom is -0.207 e. The van der Waals surface area contributed by atoms with Crippen LogP contribution in [0, 0.1) is 0 Å². The number of rotatable bonds is 2. The average molecular weight is 272 g/mol. The van der Waals surface area contributed by atoms with E-state index in [0.29, 0.717) is 5.02 Å². The van der Waals surface area contributed by atoms with Crippen molar-refractivity contribution >= 4 is 21.6 Å². The van der Waals surface area contributed by atoms with Crippen molar-refractivity contribution in [2.24, 2.45) is 0 Å². The molecule has 1 aliphatic heterocycles. The van der Waals surface area contributed by atoms with E-state index in [4.69, 9.17) is 11.6 Å². The van der Waals surface area contributed by atoms with Crippen LogP contribution in [0.25, 0.3) is 0 Å². The Kier molecular flexibility index (Phi) is 3.30. The fourth-order valence-electron chi connectivity index (χ4n) is 2.03. The molecule has 1 aromatic carbocycles. The normalized spacial score (nSPS) is 25.4. The zero-order valence-corrected chi connectivity index (χ0v) is 11.2. The molecule has 2 unspecified atom stereocenters. The van der Waals surface area contributed by atoms with Crippen molar-refractivity contribution in [3.05, 3.63) is 41.4 Å². The van der Waals surface area contributed by atoms with E-state index in [2.05, 4.69) is 0 Å². The fourth-order valence-corrected chi connectivity index (χ4v) is 3.89. The van der Waals surface area contributed by atoms with Crippen LogP contribution in [0.1, 0.15) is 13.8 Å². The van der Waals surface area contributed by atoms with Crippen molar-refractivity contribution in [2.45, 2.75) is 30.8 Å². The van der Waals surface area contributed by atoms with Crippen molar-refractivity contribution < 1.29 is 8.42 Å². The molecule has 0 aromatic heterocycles. The van der Waals surface area contributed by atoms with Gasteiger partial charge in [0.2, 0.25) is 10.0 Å². The highest BCUT2D eigenvalue weighted by atomic mass is 35.5. The van der Waals surface area contributed by atoms with Crippen molar-refractivity contribution in [1.29, 1.82) is 0 Å². The smallest absolute Gasteiger partial charge is 0.207 e. The van der Waals surface area contributed by atoms with E-state index in [1.54, 1.807) is 12.1 Å². The Labute approximate surface area is 107 Å². The van der Waals surface area contributed by atoms with E-state index in [9.17, 15) is 8.42 Å². The summed E-state index contributed by atoms with van der Waals surface area (Å²) >= 11 is 5.76. The van der Waals surface area contributed by atoms with Crippen LogP contribution in [0.5, 0.6) is 0 Å². The summed E-state index contributed by atoms with van der Waals surface area (Å²) in [5.74, 6) is 0. The fraction of sp³-hybridized carbons (Fsp3) is 0.333. The number of halogens is 1. The summed E-state index contributed by atoms with van der Waals surface area (Å²) in [7, 11) is -3.44. The third kappa shape index (κ3) is 2.25. The standard InChI is InChI=1S/C12H14ClNO2S/c1-9-3-4-10(2)14(9)17(15,16)12-7-5-11(13)6-8-12/h3-10H,1-2H3. The quantitative estimate of drug-likeness (QED) is 0.776. The van der Waals surface area contributed by atoms with Gasteiger partial charge in [-0.05, 0) is 38.1 Å². The largest absolute Gasteiger partial charge is 0.244 e. The van der Waals surface area contributed by atoms with E-state index >= 15 is 0 Å². The molecule has 1 heterocycles. The van der Waals surface area contributed by atoms with Gasteiger partial charge in [-0.25, -0.2) is 8.42 Å². The van der Waals surface area contributed by atoms with Crippen molar-refractivity contribution in [3.63, 3.8) is 0 Å². The number of hydrogen-bond donors (Lipinski definition) is 0. The molecule has 5 heteroatoms. The first-order valence-electron chi connectivity index (χ1n) is 5.40. The first-order valence-corrected chi connectivity index (χ1v) is 7.22. The Hall–Kier alpha value is -0.840. The van der Waals surface area contributed by atoms with E-state index < -0.39 is 10.0 Å². The average Bonchev–Trinajstić information content (AvgIpc) is 2.59. The minimum absolute atomic E-state index is 0.106. The van der Waals surface area contributed by atoms with Crippen LogP contribution < -0.4 is 0 Å². The van der Waals surface area contributed by atoms with Crippen LogP contribution in [-0.4, -0.2) is 24.8 Å². The van der Waals surface area contributed by atoms with Gasteiger partial charge in [-0.2, -0.15) is 4.31 Å². The van der Waals surface area contributed by atoms with Crippen LogP contribution >= 0.6 is 11.6 Å². The molecule has 0 aliphatic carbocycles. The van der Waals surface area contributed by atoms with Gasteiger partial charge >= 0.3 is 0 Å². The molecule has 0 saturated heterocycles. The predicted molar refractivity (Wildman–Crippen MR) is 68.5 cm³/mol. The highest BCUT2D eigenvalue weighted by Crippen LogP contribution is 2.26. The molecular weight excluding hydrogens is 258 g/mol. The molecular formula is C12H14ClNO2S. The Morgan fingerprint density at radius 2 is 1.53 bits per heavy atom. The molecule has 17 heavy (non-hydrogen) atoms. The minimum atomic E-state index is -3.44. The third-order valence-corrected chi connectivity index (χ3v) is 5.20. The molecule has 0 saturated carbocycles. The highest BCUT2D eigenvalue weighted by Gasteiger charge is 2.34. The molecule has 92 valence electrons. The summed E-state index contributed by atoms with van der Waals surface area (Å²) < 4.78 is 26.3. The van der Waals surface area contributed by atoms with Gasteiger partial charge in [0.05, 0.1) is 4.90 Å². The second-order valence-corrected chi connectivity index (χ2v) is 6.43. The van der Waals surface area contributed by atoms with Crippen molar-refractivity contribution in [3.8, 4) is 0 Å². The molecule has 0 amide bonds. The van der Waals surface area contributed by atoms with Crippen LogP contribution in [0.2, 0.25) is 5.02 Å². The zero-order valence-electron chi connectivity index (χ0n) is 9.67. The number of benzene rings is 1. The van der Waals surface area contributed by atoms with Crippen LogP contribution in [-0.2, 0) is 10.0 Å². The maximum Gasteiger partial charge on any atom is 0.244 e. The summed E-state index contributed by atoms with van der Waals surface area (Å²) in [5, 5.41) is 0.532. The number of hydrogen-bond acceptors (Lipinski definition) is 2. The van der Waals surface area contributed by atoms with Crippen LogP contribution in [0.3, 0.4) is 0 Å². The lowest BCUT2D eigenvalue weighted by Crippen LogP contribution is -2.39. The van der Waals surface area contributed by atoms with E-state index in [1.807, 2.05) is 26.0 Å². The second-order valence-electron chi connectivity index (χ2n) is 4.15. The van der Waals surface area contributed by atoms with Crippen LogP contribution in [0.15, 0.2) is 41.3 Å². The summed E-state index contributed by atoms with van der Waals surface area (Å²) in [6.45, 7) is 3.74. The molecule has 2 rings (SSSR count). The molecule has 0 N–H and O–H groups in total. The van der Waals surface area contributed by atoms with E-state index in [1.165, 1.54) is 16.4 Å². The number of nitrogens with zero attached hydrogens (tertiary/aromatic N) is 1. The third-order valence-electron chi connectivity index (χ3n) is 2.86. The Balaban J connectivity index is 2.40. The lowest BCUT2D eigenvalue weighted by atomic mass is 10.4. The summed E-state index contributed by atoms with van der Waals surface area (Å²) in [4.78, 5) is 0.282. The lowest BCUT2D eigenvalue weighted by Gasteiger charge is -2.25. The van der Waals surface area contributed by atoms with Gasteiger partial charge in [0, 0.05) is 17.1 Å². The molecule has 0 bridgehead atoms. The first-order chi connectivity index (χ1) is 7.93. The summed E-state index contributed by atoms with van der Waals surface area (Å²) in [6.07, 6.45) is 3.80. The molecule has 1 aliphatic rings. The molecule has 1 aromatic rings. The van der Waals surface area contributed by atoms with Gasteiger partial charge in [0.1, 0.15) is 0 Å². The SMILES string of the molecule is CC1C=CC(C)N1S(=O)(=O)c1ccc(Cl)cc1. The highest BCUT2D eigenvalue weighted by molar-refractivity contribution is 7.89. The molecule has 0 fully saturated rings. The first kappa shape index (κ1) is 12.6. The summed E-state index contributed by atoms with van der Waals surface area (Å²) in [5.41, 5.74) is 0.